The van der Waals surface area contributed by atoms with Crippen molar-refractivity contribution in [3.8, 4) is 5.75 Å². The Balaban J connectivity index is 2.48. The normalized spacial score (nSPS) is 17.7. The van der Waals surface area contributed by atoms with Crippen LogP contribution in [-0.4, -0.2) is 18.9 Å². The minimum atomic E-state index is -0.556. The Morgan fingerprint density at radius 3 is 2.45 bits per heavy atom. The lowest BCUT2D eigenvalue weighted by Gasteiger charge is -2.24. The summed E-state index contributed by atoms with van der Waals surface area (Å²) < 4.78 is 5.89. The van der Waals surface area contributed by atoms with E-state index in [9.17, 15) is 9.59 Å². The number of hydrogen-bond acceptors (Lipinski definition) is 3. The molecule has 0 radical (unpaired) electrons. The van der Waals surface area contributed by atoms with Crippen molar-refractivity contribution in [1.29, 1.82) is 0 Å². The van der Waals surface area contributed by atoms with Crippen LogP contribution in [0.3, 0.4) is 0 Å². The largest absolute Gasteiger partial charge is 0.497 e. The summed E-state index contributed by atoms with van der Waals surface area (Å²) in [6, 6.07) is 5.28. The van der Waals surface area contributed by atoms with Crippen molar-refractivity contribution in [2.24, 2.45) is 5.41 Å². The van der Waals surface area contributed by atoms with Crippen molar-refractivity contribution in [2.45, 2.75) is 33.1 Å². The Kier molecular flexibility index (Phi) is 4.18. The quantitative estimate of drug-likeness (QED) is 0.788. The average molecular weight is 340 g/mol. The number of hydrogen-bond donors (Lipinski definition) is 0. The maximum atomic E-state index is 12.7. The lowest BCUT2D eigenvalue weighted by molar-refractivity contribution is -0.126. The topological polar surface area (TPSA) is 46.6 Å². The molecule has 2 rings (SSSR count). The fourth-order valence-corrected chi connectivity index (χ4v) is 3.06. The second-order valence-corrected chi connectivity index (χ2v) is 5.87. The smallest absolute Gasteiger partial charge is 0.240 e. The van der Waals surface area contributed by atoms with Gasteiger partial charge < -0.3 is 4.74 Å². The first-order chi connectivity index (χ1) is 9.49. The second kappa shape index (κ2) is 5.56. The first-order valence-corrected chi connectivity index (χ1v) is 7.49. The number of carbonyl (C=O) groups excluding carboxylic acids is 2. The number of amides is 2. The highest BCUT2D eigenvalue weighted by molar-refractivity contribution is 9.10. The zero-order valence-corrected chi connectivity index (χ0v) is 13.5. The third kappa shape index (κ3) is 2.24. The number of methoxy groups -OCH3 is 1. The van der Waals surface area contributed by atoms with Crippen molar-refractivity contribution in [3.63, 3.8) is 0 Å². The van der Waals surface area contributed by atoms with Gasteiger partial charge in [-0.3, -0.25) is 9.59 Å². The predicted octanol–water partition coefficient (Wildman–Crippen LogP) is 3.53. The van der Waals surface area contributed by atoms with Crippen LogP contribution in [0.15, 0.2) is 22.7 Å². The van der Waals surface area contributed by atoms with Gasteiger partial charge in [-0.1, -0.05) is 13.8 Å². The summed E-state index contributed by atoms with van der Waals surface area (Å²) in [5.74, 6) is 0.364. The Morgan fingerprint density at radius 2 is 1.95 bits per heavy atom. The van der Waals surface area contributed by atoms with Crippen molar-refractivity contribution >= 4 is 33.4 Å². The fraction of sp³-hybridized carbons (Fsp3) is 0.467. The van der Waals surface area contributed by atoms with Gasteiger partial charge in [0, 0.05) is 17.0 Å². The molecule has 1 heterocycles. The Morgan fingerprint density at radius 1 is 1.30 bits per heavy atom. The zero-order chi connectivity index (χ0) is 14.9. The molecule has 0 spiro atoms. The number of rotatable bonds is 4. The summed E-state index contributed by atoms with van der Waals surface area (Å²) in [5, 5.41) is 0. The van der Waals surface area contributed by atoms with Gasteiger partial charge in [0.2, 0.25) is 11.8 Å². The summed E-state index contributed by atoms with van der Waals surface area (Å²) in [6.45, 7) is 3.91. The minimum absolute atomic E-state index is 0.110. The molecule has 1 aliphatic heterocycles. The average Bonchev–Trinajstić information content (AvgIpc) is 2.71. The van der Waals surface area contributed by atoms with E-state index in [1.54, 1.807) is 25.3 Å². The zero-order valence-electron chi connectivity index (χ0n) is 11.9. The molecule has 4 nitrogen and oxygen atoms in total. The Bertz CT molecular complexity index is 552. The summed E-state index contributed by atoms with van der Waals surface area (Å²) in [7, 11) is 1.56. The molecule has 2 amide bonds. The van der Waals surface area contributed by atoms with E-state index in [-0.39, 0.29) is 18.2 Å². The third-order valence-corrected chi connectivity index (χ3v) is 4.81. The van der Waals surface area contributed by atoms with E-state index >= 15 is 0 Å². The maximum Gasteiger partial charge on any atom is 0.240 e. The third-order valence-electron chi connectivity index (χ3n) is 4.14. The molecule has 5 heteroatoms. The van der Waals surface area contributed by atoms with Crippen LogP contribution < -0.4 is 9.64 Å². The lowest BCUT2D eigenvalue weighted by atomic mass is 9.81. The van der Waals surface area contributed by atoms with Gasteiger partial charge in [-0.15, -0.1) is 0 Å². The summed E-state index contributed by atoms with van der Waals surface area (Å²) in [6.07, 6.45) is 1.63. The van der Waals surface area contributed by atoms with Crippen LogP contribution in [0.1, 0.15) is 33.1 Å². The van der Waals surface area contributed by atoms with E-state index < -0.39 is 5.41 Å². The molecule has 0 unspecified atom stereocenters. The molecule has 0 saturated carbocycles. The number of imide groups is 1. The van der Waals surface area contributed by atoms with Crippen LogP contribution in [0, 0.1) is 5.41 Å². The van der Waals surface area contributed by atoms with E-state index in [2.05, 4.69) is 15.9 Å². The van der Waals surface area contributed by atoms with Gasteiger partial charge in [-0.2, -0.15) is 0 Å². The van der Waals surface area contributed by atoms with E-state index in [1.807, 2.05) is 13.8 Å². The molecular weight excluding hydrogens is 322 g/mol. The molecule has 1 aromatic carbocycles. The first-order valence-electron chi connectivity index (χ1n) is 6.70. The maximum absolute atomic E-state index is 12.7. The molecule has 0 bridgehead atoms. The molecule has 1 fully saturated rings. The molecule has 0 N–H and O–H groups in total. The minimum Gasteiger partial charge on any atom is -0.497 e. The highest BCUT2D eigenvalue weighted by Gasteiger charge is 2.50. The molecule has 1 saturated heterocycles. The summed E-state index contributed by atoms with van der Waals surface area (Å²) >= 11 is 3.40. The first kappa shape index (κ1) is 15.0. The number of anilines is 1. The summed E-state index contributed by atoms with van der Waals surface area (Å²) in [5.41, 5.74) is 0.00250. The van der Waals surface area contributed by atoms with Gasteiger partial charge in [0.25, 0.3) is 0 Å². The van der Waals surface area contributed by atoms with Gasteiger partial charge in [0.05, 0.1) is 18.2 Å². The van der Waals surface area contributed by atoms with Gasteiger partial charge in [-0.05, 0) is 40.9 Å². The van der Waals surface area contributed by atoms with E-state index in [1.165, 1.54) is 4.90 Å². The number of nitrogens with zero attached hydrogens (tertiary/aromatic N) is 1. The molecule has 0 aliphatic carbocycles. The fourth-order valence-electron chi connectivity index (χ4n) is 2.63. The molecule has 1 aromatic rings. The van der Waals surface area contributed by atoms with Crippen molar-refractivity contribution in [3.05, 3.63) is 22.7 Å². The Hall–Kier alpha value is -1.36. The van der Waals surface area contributed by atoms with Crippen molar-refractivity contribution in [2.75, 3.05) is 12.0 Å². The number of benzene rings is 1. The van der Waals surface area contributed by atoms with Crippen LogP contribution >= 0.6 is 15.9 Å². The highest BCUT2D eigenvalue weighted by atomic mass is 79.9. The number of halogens is 1. The highest BCUT2D eigenvalue weighted by Crippen LogP contribution is 2.43. The SMILES string of the molecule is CCC1(CC)CC(=O)N(c2cc(OC)ccc2Br)C1=O. The molecular formula is C15H18BrNO3. The molecule has 1 aliphatic rings. The molecule has 108 valence electrons. The number of ether oxygens (including phenoxy) is 1. The molecule has 0 aromatic heterocycles. The van der Waals surface area contributed by atoms with Crippen LogP contribution in [0.2, 0.25) is 0 Å². The second-order valence-electron chi connectivity index (χ2n) is 5.02. The van der Waals surface area contributed by atoms with E-state index in [0.29, 0.717) is 28.8 Å². The predicted molar refractivity (Wildman–Crippen MR) is 80.8 cm³/mol. The monoisotopic (exact) mass is 339 g/mol. The lowest BCUT2D eigenvalue weighted by Crippen LogP contribution is -2.35. The van der Waals surface area contributed by atoms with Crippen LogP contribution in [0.5, 0.6) is 5.75 Å². The van der Waals surface area contributed by atoms with Crippen LogP contribution in [0.4, 0.5) is 5.69 Å². The Labute approximate surface area is 127 Å². The standard InChI is InChI=1S/C15H18BrNO3/c1-4-15(5-2)9-13(18)17(14(15)19)12-8-10(20-3)6-7-11(12)16/h6-8H,4-5,9H2,1-3H3. The van der Waals surface area contributed by atoms with Gasteiger partial charge in [0.15, 0.2) is 0 Å². The van der Waals surface area contributed by atoms with Gasteiger partial charge >= 0.3 is 0 Å². The van der Waals surface area contributed by atoms with E-state index in [4.69, 9.17) is 4.74 Å². The van der Waals surface area contributed by atoms with Crippen molar-refractivity contribution in [1.82, 2.24) is 0 Å². The van der Waals surface area contributed by atoms with Crippen LogP contribution in [0.25, 0.3) is 0 Å². The summed E-state index contributed by atoms with van der Waals surface area (Å²) in [4.78, 5) is 26.3. The van der Waals surface area contributed by atoms with E-state index in [0.717, 1.165) is 0 Å². The molecule has 20 heavy (non-hydrogen) atoms. The number of carbonyl (C=O) groups is 2. The van der Waals surface area contributed by atoms with Crippen molar-refractivity contribution < 1.29 is 14.3 Å². The van der Waals surface area contributed by atoms with Crippen LogP contribution in [-0.2, 0) is 9.59 Å². The van der Waals surface area contributed by atoms with Gasteiger partial charge in [-0.25, -0.2) is 4.90 Å². The van der Waals surface area contributed by atoms with Gasteiger partial charge in [0.1, 0.15) is 5.75 Å². The molecule has 0 atom stereocenters.